The van der Waals surface area contributed by atoms with Gasteiger partial charge in [0.15, 0.2) is 0 Å². The molecule has 2 aromatic carbocycles. The van der Waals surface area contributed by atoms with Crippen molar-refractivity contribution in [1.82, 2.24) is 0 Å². The molecule has 5 heteroatoms. The van der Waals surface area contributed by atoms with Crippen LogP contribution in [0.5, 0.6) is 5.75 Å². The van der Waals surface area contributed by atoms with E-state index in [2.05, 4.69) is 21.2 Å². The maximum absolute atomic E-state index is 13.5. The van der Waals surface area contributed by atoms with Gasteiger partial charge in [-0.1, -0.05) is 18.2 Å². The van der Waals surface area contributed by atoms with Crippen molar-refractivity contribution in [3.63, 3.8) is 0 Å². The van der Waals surface area contributed by atoms with E-state index < -0.39 is 11.7 Å². The number of halogens is 2. The van der Waals surface area contributed by atoms with Crippen LogP contribution in [0.4, 0.5) is 10.1 Å². The predicted octanol–water partition coefficient (Wildman–Crippen LogP) is 3.55. The first kappa shape index (κ1) is 12.6. The first-order valence-electron chi connectivity index (χ1n) is 5.13. The average Bonchev–Trinajstić information content (AvgIpc) is 2.32. The van der Waals surface area contributed by atoms with Gasteiger partial charge in [0.25, 0.3) is 5.91 Å². The number of aromatic hydroxyl groups is 1. The number of carbonyl (C=O) groups is 1. The molecule has 0 saturated heterocycles. The summed E-state index contributed by atoms with van der Waals surface area (Å²) in [5, 5.41) is 12.0. The van der Waals surface area contributed by atoms with Crippen molar-refractivity contribution >= 4 is 27.5 Å². The minimum Gasteiger partial charge on any atom is -0.507 e. The maximum atomic E-state index is 13.5. The SMILES string of the molecule is O=C(Nc1ccccc1Br)c1c(O)cccc1F. The van der Waals surface area contributed by atoms with Crippen molar-refractivity contribution in [3.05, 3.63) is 58.3 Å². The summed E-state index contributed by atoms with van der Waals surface area (Å²) in [5.41, 5.74) is 0.137. The van der Waals surface area contributed by atoms with Crippen LogP contribution < -0.4 is 5.32 Å². The van der Waals surface area contributed by atoms with Crippen LogP contribution in [0.3, 0.4) is 0 Å². The molecule has 18 heavy (non-hydrogen) atoms. The van der Waals surface area contributed by atoms with Crippen LogP contribution in [0.25, 0.3) is 0 Å². The van der Waals surface area contributed by atoms with Crippen LogP contribution >= 0.6 is 15.9 Å². The summed E-state index contributed by atoms with van der Waals surface area (Å²) in [4.78, 5) is 11.9. The second-order valence-corrected chi connectivity index (χ2v) is 4.42. The van der Waals surface area contributed by atoms with Crippen molar-refractivity contribution < 1.29 is 14.3 Å². The molecule has 0 bridgehead atoms. The molecular weight excluding hydrogens is 301 g/mol. The van der Waals surface area contributed by atoms with Gasteiger partial charge in [0, 0.05) is 4.47 Å². The largest absolute Gasteiger partial charge is 0.507 e. The number of amides is 1. The molecule has 2 aromatic rings. The third-order valence-corrected chi connectivity index (χ3v) is 3.03. The summed E-state index contributed by atoms with van der Waals surface area (Å²) in [6.45, 7) is 0. The van der Waals surface area contributed by atoms with Gasteiger partial charge in [-0.2, -0.15) is 0 Å². The lowest BCUT2D eigenvalue weighted by Crippen LogP contribution is -2.14. The number of hydrogen-bond donors (Lipinski definition) is 2. The molecule has 0 saturated carbocycles. The van der Waals surface area contributed by atoms with E-state index in [0.29, 0.717) is 10.2 Å². The van der Waals surface area contributed by atoms with Crippen LogP contribution in [0.1, 0.15) is 10.4 Å². The molecule has 92 valence electrons. The van der Waals surface area contributed by atoms with E-state index in [9.17, 15) is 14.3 Å². The highest BCUT2D eigenvalue weighted by Crippen LogP contribution is 2.25. The van der Waals surface area contributed by atoms with E-state index in [4.69, 9.17) is 0 Å². The summed E-state index contributed by atoms with van der Waals surface area (Å²) in [5.74, 6) is -1.85. The molecule has 0 heterocycles. The lowest BCUT2D eigenvalue weighted by atomic mass is 10.1. The zero-order valence-corrected chi connectivity index (χ0v) is 10.7. The lowest BCUT2D eigenvalue weighted by Gasteiger charge is -2.08. The number of benzene rings is 2. The molecule has 2 rings (SSSR count). The van der Waals surface area contributed by atoms with Gasteiger partial charge >= 0.3 is 0 Å². The number of para-hydroxylation sites is 1. The molecule has 0 atom stereocenters. The van der Waals surface area contributed by atoms with Gasteiger partial charge < -0.3 is 10.4 Å². The summed E-state index contributed by atoms with van der Waals surface area (Å²) in [6, 6.07) is 10.7. The third-order valence-electron chi connectivity index (χ3n) is 2.34. The normalized spacial score (nSPS) is 10.1. The zero-order valence-electron chi connectivity index (χ0n) is 9.15. The smallest absolute Gasteiger partial charge is 0.262 e. The second kappa shape index (κ2) is 5.18. The molecule has 0 radical (unpaired) electrons. The van der Waals surface area contributed by atoms with Gasteiger partial charge in [-0.25, -0.2) is 4.39 Å². The summed E-state index contributed by atoms with van der Waals surface area (Å²) in [6.07, 6.45) is 0. The Labute approximate surface area is 111 Å². The Morgan fingerprint density at radius 2 is 1.89 bits per heavy atom. The van der Waals surface area contributed by atoms with Gasteiger partial charge in [-0.05, 0) is 40.2 Å². The Morgan fingerprint density at radius 1 is 1.17 bits per heavy atom. The van der Waals surface area contributed by atoms with Crippen LogP contribution in [-0.2, 0) is 0 Å². The first-order chi connectivity index (χ1) is 8.59. The van der Waals surface area contributed by atoms with Crippen LogP contribution in [-0.4, -0.2) is 11.0 Å². The molecule has 0 aromatic heterocycles. The van der Waals surface area contributed by atoms with E-state index in [-0.39, 0.29) is 11.3 Å². The first-order valence-corrected chi connectivity index (χ1v) is 5.92. The fourth-order valence-corrected chi connectivity index (χ4v) is 1.87. The molecule has 0 aliphatic heterocycles. The van der Waals surface area contributed by atoms with Gasteiger partial charge in [-0.15, -0.1) is 0 Å². The molecule has 0 fully saturated rings. The van der Waals surface area contributed by atoms with E-state index in [1.54, 1.807) is 24.3 Å². The van der Waals surface area contributed by atoms with Gasteiger partial charge in [0.05, 0.1) is 5.69 Å². The molecular formula is C13H9BrFNO2. The molecule has 1 amide bonds. The molecule has 2 N–H and O–H groups in total. The molecule has 0 spiro atoms. The van der Waals surface area contributed by atoms with Crippen molar-refractivity contribution in [2.24, 2.45) is 0 Å². The van der Waals surface area contributed by atoms with Crippen LogP contribution in [0, 0.1) is 5.82 Å². The highest BCUT2D eigenvalue weighted by Gasteiger charge is 2.17. The van der Waals surface area contributed by atoms with Crippen molar-refractivity contribution in [1.29, 1.82) is 0 Å². The zero-order chi connectivity index (χ0) is 13.1. The number of anilines is 1. The number of hydrogen-bond acceptors (Lipinski definition) is 2. The Balaban J connectivity index is 2.31. The Kier molecular flexibility index (Phi) is 3.62. The van der Waals surface area contributed by atoms with Gasteiger partial charge in [-0.3, -0.25) is 4.79 Å². The van der Waals surface area contributed by atoms with Crippen LogP contribution in [0.15, 0.2) is 46.9 Å². The molecule has 0 unspecified atom stereocenters. The van der Waals surface area contributed by atoms with Crippen LogP contribution in [0.2, 0.25) is 0 Å². The fraction of sp³-hybridized carbons (Fsp3) is 0. The van der Waals surface area contributed by atoms with Crippen molar-refractivity contribution in [2.45, 2.75) is 0 Å². The minimum absolute atomic E-state index is 0.367. The Bertz CT molecular complexity index is 581. The second-order valence-electron chi connectivity index (χ2n) is 3.57. The number of nitrogens with one attached hydrogen (secondary N) is 1. The summed E-state index contributed by atoms with van der Waals surface area (Å²) < 4.78 is 14.1. The quantitative estimate of drug-likeness (QED) is 0.891. The lowest BCUT2D eigenvalue weighted by molar-refractivity contribution is 0.102. The third kappa shape index (κ3) is 2.51. The average molecular weight is 310 g/mol. The standard InChI is InChI=1S/C13H9BrFNO2/c14-8-4-1-2-6-10(8)16-13(18)12-9(15)5-3-7-11(12)17/h1-7,17H,(H,16,18). The summed E-state index contributed by atoms with van der Waals surface area (Å²) >= 11 is 3.26. The van der Waals surface area contributed by atoms with Crippen molar-refractivity contribution in [3.8, 4) is 5.75 Å². The maximum Gasteiger partial charge on any atom is 0.262 e. The highest BCUT2D eigenvalue weighted by molar-refractivity contribution is 9.10. The number of phenolic OH excluding ortho intramolecular Hbond substituents is 1. The monoisotopic (exact) mass is 309 g/mol. The Hall–Kier alpha value is -1.88. The number of carbonyl (C=O) groups excluding carboxylic acids is 1. The minimum atomic E-state index is -0.764. The molecule has 3 nitrogen and oxygen atoms in total. The fourth-order valence-electron chi connectivity index (χ4n) is 1.48. The topological polar surface area (TPSA) is 49.3 Å². The number of phenols is 1. The van der Waals surface area contributed by atoms with E-state index in [1.165, 1.54) is 12.1 Å². The Morgan fingerprint density at radius 3 is 2.56 bits per heavy atom. The predicted molar refractivity (Wildman–Crippen MR) is 70.2 cm³/mol. The molecule has 0 aliphatic carbocycles. The molecule has 0 aliphatic rings. The van der Waals surface area contributed by atoms with Gasteiger partial charge in [0.1, 0.15) is 17.1 Å². The van der Waals surface area contributed by atoms with E-state index in [1.807, 2.05) is 0 Å². The van der Waals surface area contributed by atoms with E-state index in [0.717, 1.165) is 6.07 Å². The van der Waals surface area contributed by atoms with E-state index >= 15 is 0 Å². The summed E-state index contributed by atoms with van der Waals surface area (Å²) in [7, 11) is 0. The number of rotatable bonds is 2. The van der Waals surface area contributed by atoms with Gasteiger partial charge in [0.2, 0.25) is 0 Å². The van der Waals surface area contributed by atoms with Crippen molar-refractivity contribution in [2.75, 3.05) is 5.32 Å². The highest BCUT2D eigenvalue weighted by atomic mass is 79.9.